The first-order valence-electron chi connectivity index (χ1n) is 6.23. The standard InChI is InChI=1S/C15H15Cl3N2/c16-11-6-4-10(5-7-11)8-12(20-19)9-13-14(17)2-1-3-15(13)18/h1-7,12,20H,8-9,19H2. The third kappa shape index (κ3) is 4.11. The zero-order valence-electron chi connectivity index (χ0n) is 10.7. The van der Waals surface area contributed by atoms with Gasteiger partial charge in [0.2, 0.25) is 0 Å². The van der Waals surface area contributed by atoms with Crippen molar-refractivity contribution in [3.63, 3.8) is 0 Å². The van der Waals surface area contributed by atoms with E-state index in [4.69, 9.17) is 40.6 Å². The monoisotopic (exact) mass is 328 g/mol. The number of hydrazine groups is 1. The van der Waals surface area contributed by atoms with E-state index in [1.54, 1.807) is 0 Å². The van der Waals surface area contributed by atoms with Crippen LogP contribution in [0.3, 0.4) is 0 Å². The first-order chi connectivity index (χ1) is 9.60. The van der Waals surface area contributed by atoms with Gasteiger partial charge >= 0.3 is 0 Å². The molecule has 0 saturated heterocycles. The van der Waals surface area contributed by atoms with Crippen LogP contribution in [0.1, 0.15) is 11.1 Å². The van der Waals surface area contributed by atoms with Gasteiger partial charge in [0, 0.05) is 21.1 Å². The predicted molar refractivity (Wildman–Crippen MR) is 86.4 cm³/mol. The maximum absolute atomic E-state index is 6.18. The third-order valence-corrected chi connectivity index (χ3v) is 4.10. The number of halogens is 3. The van der Waals surface area contributed by atoms with Crippen molar-refractivity contribution in [2.45, 2.75) is 18.9 Å². The molecule has 2 nitrogen and oxygen atoms in total. The Morgan fingerprint density at radius 1 is 0.900 bits per heavy atom. The SMILES string of the molecule is NNC(Cc1ccc(Cl)cc1)Cc1c(Cl)cccc1Cl. The average Bonchev–Trinajstić information content (AvgIpc) is 2.44. The van der Waals surface area contributed by atoms with Crippen LogP contribution in [0.4, 0.5) is 0 Å². The van der Waals surface area contributed by atoms with E-state index in [9.17, 15) is 0 Å². The second kappa shape index (κ2) is 7.30. The number of nitrogens with one attached hydrogen (secondary N) is 1. The summed E-state index contributed by atoms with van der Waals surface area (Å²) in [7, 11) is 0. The van der Waals surface area contributed by atoms with Gasteiger partial charge in [0.05, 0.1) is 0 Å². The minimum atomic E-state index is 0.0496. The first-order valence-corrected chi connectivity index (χ1v) is 7.37. The first kappa shape index (κ1) is 15.6. The van der Waals surface area contributed by atoms with Gasteiger partial charge in [-0.2, -0.15) is 0 Å². The molecule has 0 heterocycles. The number of rotatable bonds is 5. The predicted octanol–water partition coefficient (Wildman–Crippen LogP) is 4.26. The zero-order chi connectivity index (χ0) is 14.5. The van der Waals surface area contributed by atoms with E-state index < -0.39 is 0 Å². The van der Waals surface area contributed by atoms with E-state index in [-0.39, 0.29) is 6.04 Å². The summed E-state index contributed by atoms with van der Waals surface area (Å²) in [5.74, 6) is 5.64. The van der Waals surface area contributed by atoms with Crippen molar-refractivity contribution in [1.29, 1.82) is 0 Å². The van der Waals surface area contributed by atoms with Crippen molar-refractivity contribution < 1.29 is 0 Å². The van der Waals surface area contributed by atoms with E-state index in [2.05, 4.69) is 5.43 Å². The third-order valence-electron chi connectivity index (χ3n) is 3.14. The quantitative estimate of drug-likeness (QED) is 0.635. The van der Waals surface area contributed by atoms with Gasteiger partial charge in [-0.1, -0.05) is 53.0 Å². The highest BCUT2D eigenvalue weighted by Gasteiger charge is 2.13. The Kier molecular flexibility index (Phi) is 5.70. The fourth-order valence-electron chi connectivity index (χ4n) is 2.07. The maximum Gasteiger partial charge on any atom is 0.0453 e. The summed E-state index contributed by atoms with van der Waals surface area (Å²) in [4.78, 5) is 0. The van der Waals surface area contributed by atoms with Gasteiger partial charge in [-0.3, -0.25) is 11.3 Å². The molecule has 0 radical (unpaired) electrons. The van der Waals surface area contributed by atoms with Crippen molar-refractivity contribution in [3.05, 3.63) is 68.7 Å². The van der Waals surface area contributed by atoms with Crippen LogP contribution in [0.5, 0.6) is 0 Å². The second-order valence-corrected chi connectivity index (χ2v) is 5.85. The summed E-state index contributed by atoms with van der Waals surface area (Å²) in [6.07, 6.45) is 1.44. The topological polar surface area (TPSA) is 38.0 Å². The number of hydrogen-bond acceptors (Lipinski definition) is 2. The van der Waals surface area contributed by atoms with Crippen LogP contribution in [-0.2, 0) is 12.8 Å². The molecule has 2 rings (SSSR count). The van der Waals surface area contributed by atoms with Crippen molar-refractivity contribution >= 4 is 34.8 Å². The molecule has 0 spiro atoms. The molecule has 2 aromatic carbocycles. The molecule has 0 aliphatic rings. The largest absolute Gasteiger partial charge is 0.271 e. The lowest BCUT2D eigenvalue weighted by Crippen LogP contribution is -2.38. The van der Waals surface area contributed by atoms with Crippen LogP contribution in [-0.4, -0.2) is 6.04 Å². The summed E-state index contributed by atoms with van der Waals surface area (Å²) in [5, 5.41) is 2.04. The van der Waals surface area contributed by atoms with Crippen LogP contribution in [0.15, 0.2) is 42.5 Å². The van der Waals surface area contributed by atoms with Gasteiger partial charge < -0.3 is 0 Å². The number of nitrogens with two attached hydrogens (primary N) is 1. The zero-order valence-corrected chi connectivity index (χ0v) is 13.0. The fourth-order valence-corrected chi connectivity index (χ4v) is 2.75. The molecular weight excluding hydrogens is 315 g/mol. The summed E-state index contributed by atoms with van der Waals surface area (Å²) in [6.45, 7) is 0. The highest BCUT2D eigenvalue weighted by Crippen LogP contribution is 2.26. The fraction of sp³-hybridized carbons (Fsp3) is 0.200. The molecule has 20 heavy (non-hydrogen) atoms. The Morgan fingerprint density at radius 2 is 1.50 bits per heavy atom. The van der Waals surface area contributed by atoms with Crippen LogP contribution in [0, 0.1) is 0 Å². The van der Waals surface area contributed by atoms with Crippen LogP contribution >= 0.6 is 34.8 Å². The van der Waals surface area contributed by atoms with Gasteiger partial charge in [0.15, 0.2) is 0 Å². The van der Waals surface area contributed by atoms with E-state index in [0.29, 0.717) is 16.5 Å². The number of benzene rings is 2. The summed E-state index contributed by atoms with van der Waals surface area (Å²) < 4.78 is 0. The van der Waals surface area contributed by atoms with Crippen LogP contribution in [0.2, 0.25) is 15.1 Å². The van der Waals surface area contributed by atoms with Crippen molar-refractivity contribution in [2.75, 3.05) is 0 Å². The molecular formula is C15H15Cl3N2. The second-order valence-electron chi connectivity index (χ2n) is 4.60. The summed E-state index contributed by atoms with van der Waals surface area (Å²) in [6, 6.07) is 13.3. The van der Waals surface area contributed by atoms with Gasteiger partial charge in [-0.25, -0.2) is 0 Å². The summed E-state index contributed by atoms with van der Waals surface area (Å²) in [5.41, 5.74) is 4.88. The van der Waals surface area contributed by atoms with Gasteiger partial charge in [-0.05, 0) is 48.2 Å². The van der Waals surface area contributed by atoms with Crippen molar-refractivity contribution in [3.8, 4) is 0 Å². The Balaban J connectivity index is 2.11. The molecule has 2 aromatic rings. The minimum Gasteiger partial charge on any atom is -0.271 e. The Bertz CT molecular complexity index is 550. The van der Waals surface area contributed by atoms with E-state index >= 15 is 0 Å². The lowest BCUT2D eigenvalue weighted by molar-refractivity contribution is 0.522. The highest BCUT2D eigenvalue weighted by atomic mass is 35.5. The lowest BCUT2D eigenvalue weighted by atomic mass is 9.99. The molecule has 0 bridgehead atoms. The molecule has 0 amide bonds. The van der Waals surface area contributed by atoms with E-state index in [1.165, 1.54) is 0 Å². The van der Waals surface area contributed by atoms with E-state index in [1.807, 2.05) is 42.5 Å². The molecule has 5 heteroatoms. The Morgan fingerprint density at radius 3 is 2.05 bits per heavy atom. The van der Waals surface area contributed by atoms with Crippen LogP contribution in [0.25, 0.3) is 0 Å². The Hall–Kier alpha value is -0.770. The Labute approximate surface area is 133 Å². The maximum atomic E-state index is 6.18. The molecule has 1 unspecified atom stereocenters. The molecule has 0 aliphatic heterocycles. The summed E-state index contributed by atoms with van der Waals surface area (Å²) >= 11 is 18.2. The molecule has 1 atom stereocenters. The molecule has 0 aliphatic carbocycles. The van der Waals surface area contributed by atoms with E-state index in [0.717, 1.165) is 22.6 Å². The van der Waals surface area contributed by atoms with Gasteiger partial charge in [0.25, 0.3) is 0 Å². The average molecular weight is 330 g/mol. The van der Waals surface area contributed by atoms with Crippen molar-refractivity contribution in [1.82, 2.24) is 5.43 Å². The van der Waals surface area contributed by atoms with Crippen LogP contribution < -0.4 is 11.3 Å². The lowest BCUT2D eigenvalue weighted by Gasteiger charge is -2.17. The minimum absolute atomic E-state index is 0.0496. The van der Waals surface area contributed by atoms with Gasteiger partial charge in [0.1, 0.15) is 0 Å². The smallest absolute Gasteiger partial charge is 0.0453 e. The van der Waals surface area contributed by atoms with Crippen molar-refractivity contribution in [2.24, 2.45) is 5.84 Å². The number of hydrogen-bond donors (Lipinski definition) is 2. The highest BCUT2D eigenvalue weighted by molar-refractivity contribution is 6.36. The molecule has 0 aromatic heterocycles. The van der Waals surface area contributed by atoms with Gasteiger partial charge in [-0.15, -0.1) is 0 Å². The molecule has 3 N–H and O–H groups in total. The normalized spacial score (nSPS) is 12.4. The molecule has 106 valence electrons. The molecule has 0 fully saturated rings. The molecule has 0 saturated carbocycles.